The van der Waals surface area contributed by atoms with Crippen LogP contribution in [0.2, 0.25) is 0 Å². The van der Waals surface area contributed by atoms with E-state index in [9.17, 15) is 15.1 Å². The lowest BCUT2D eigenvalue weighted by atomic mass is 9.96. The molecule has 27 heavy (non-hydrogen) atoms. The number of nitrogens with one attached hydrogen (secondary N) is 1. The van der Waals surface area contributed by atoms with Crippen LogP contribution in [-0.2, 0) is 0 Å². The van der Waals surface area contributed by atoms with Crippen LogP contribution in [0, 0.1) is 0 Å². The number of anilines is 1. The Labute approximate surface area is 163 Å². The SMILES string of the molecule is O=C(O)c1cc(-c2nc(-c3ccsc3)cs2)ccc1-c1ccccc1NO. The molecule has 0 saturated carbocycles. The Morgan fingerprint density at radius 1 is 1.00 bits per heavy atom. The van der Waals surface area contributed by atoms with Gasteiger partial charge >= 0.3 is 5.97 Å². The van der Waals surface area contributed by atoms with Gasteiger partial charge in [0.1, 0.15) is 5.01 Å². The van der Waals surface area contributed by atoms with Gasteiger partial charge in [-0.25, -0.2) is 9.78 Å². The number of aromatic carboxylic acids is 1. The number of nitrogens with zero attached hydrogens (tertiary/aromatic N) is 1. The molecule has 7 heteroatoms. The number of benzene rings is 2. The Morgan fingerprint density at radius 3 is 2.59 bits per heavy atom. The first-order valence-corrected chi connectivity index (χ1v) is 9.85. The van der Waals surface area contributed by atoms with Crippen molar-refractivity contribution in [2.45, 2.75) is 0 Å². The van der Waals surface area contributed by atoms with Crippen LogP contribution >= 0.6 is 22.7 Å². The lowest BCUT2D eigenvalue weighted by molar-refractivity contribution is 0.0698. The summed E-state index contributed by atoms with van der Waals surface area (Å²) in [6.07, 6.45) is 0. The van der Waals surface area contributed by atoms with Crippen LogP contribution in [-0.4, -0.2) is 21.3 Å². The number of aromatic nitrogens is 1. The topological polar surface area (TPSA) is 82.5 Å². The second kappa shape index (κ2) is 7.32. The highest BCUT2D eigenvalue weighted by molar-refractivity contribution is 7.13. The van der Waals surface area contributed by atoms with E-state index in [4.69, 9.17) is 0 Å². The van der Waals surface area contributed by atoms with Gasteiger partial charge in [-0.2, -0.15) is 11.3 Å². The summed E-state index contributed by atoms with van der Waals surface area (Å²) < 4.78 is 0. The zero-order valence-electron chi connectivity index (χ0n) is 13.9. The zero-order valence-corrected chi connectivity index (χ0v) is 15.6. The van der Waals surface area contributed by atoms with Crippen LogP contribution in [0.4, 0.5) is 5.69 Å². The molecule has 0 atom stereocenters. The predicted molar refractivity (Wildman–Crippen MR) is 109 cm³/mol. The summed E-state index contributed by atoms with van der Waals surface area (Å²) in [5.74, 6) is -1.03. The Morgan fingerprint density at radius 2 is 1.85 bits per heavy atom. The molecule has 3 N–H and O–H groups in total. The first kappa shape index (κ1) is 17.4. The van der Waals surface area contributed by atoms with E-state index in [0.29, 0.717) is 16.8 Å². The Bertz CT molecular complexity index is 1100. The molecule has 0 spiro atoms. The maximum atomic E-state index is 11.9. The normalized spacial score (nSPS) is 10.7. The number of hydrogen-bond donors (Lipinski definition) is 3. The summed E-state index contributed by atoms with van der Waals surface area (Å²) in [7, 11) is 0. The molecule has 5 nitrogen and oxygen atoms in total. The fourth-order valence-electron chi connectivity index (χ4n) is 2.85. The number of carbonyl (C=O) groups is 1. The Kier molecular flexibility index (Phi) is 4.72. The van der Waals surface area contributed by atoms with Crippen LogP contribution in [0.3, 0.4) is 0 Å². The van der Waals surface area contributed by atoms with E-state index in [1.807, 2.05) is 28.3 Å². The molecular formula is C20H14N2O3S2. The fraction of sp³-hybridized carbons (Fsp3) is 0. The van der Waals surface area contributed by atoms with Crippen molar-refractivity contribution in [1.82, 2.24) is 4.98 Å². The van der Waals surface area contributed by atoms with Gasteiger partial charge in [0.2, 0.25) is 0 Å². The molecule has 4 rings (SSSR count). The number of carboxylic acid groups (broad SMARTS) is 1. The van der Waals surface area contributed by atoms with Gasteiger partial charge in [-0.1, -0.05) is 30.3 Å². The van der Waals surface area contributed by atoms with Gasteiger partial charge in [0.05, 0.1) is 16.9 Å². The standard InChI is InChI=1S/C20H14N2O3S2/c23-20(24)16-9-12(19-21-18(11-27-19)13-7-8-26-10-13)5-6-14(16)15-3-1-2-4-17(15)22-25/h1-11,22,25H,(H,23,24). The first-order chi connectivity index (χ1) is 13.2. The van der Waals surface area contributed by atoms with Gasteiger partial charge in [-0.3, -0.25) is 10.7 Å². The van der Waals surface area contributed by atoms with Gasteiger partial charge in [-0.15, -0.1) is 11.3 Å². The average Bonchev–Trinajstić information content (AvgIpc) is 3.39. The van der Waals surface area contributed by atoms with Crippen LogP contribution in [0.1, 0.15) is 10.4 Å². The first-order valence-electron chi connectivity index (χ1n) is 8.02. The molecule has 2 aromatic heterocycles. The second-order valence-electron chi connectivity index (χ2n) is 5.77. The summed E-state index contributed by atoms with van der Waals surface area (Å²) in [5, 5.41) is 25.8. The zero-order chi connectivity index (χ0) is 18.8. The molecular weight excluding hydrogens is 380 g/mol. The number of thiazole rings is 1. The predicted octanol–water partition coefficient (Wildman–Crippen LogP) is 5.70. The third-order valence-electron chi connectivity index (χ3n) is 4.16. The van der Waals surface area contributed by atoms with Crippen LogP contribution in [0.5, 0.6) is 0 Å². The van der Waals surface area contributed by atoms with Crippen LogP contribution < -0.4 is 5.48 Å². The highest BCUT2D eigenvalue weighted by atomic mass is 32.1. The molecule has 2 heterocycles. The largest absolute Gasteiger partial charge is 0.478 e. The average molecular weight is 394 g/mol. The van der Waals surface area contributed by atoms with Crippen molar-refractivity contribution in [2.75, 3.05) is 5.48 Å². The number of para-hydroxylation sites is 1. The van der Waals surface area contributed by atoms with Crippen molar-refractivity contribution < 1.29 is 15.1 Å². The van der Waals surface area contributed by atoms with Crippen molar-refractivity contribution in [3.05, 3.63) is 70.2 Å². The lowest BCUT2D eigenvalue weighted by Gasteiger charge is -2.12. The number of rotatable bonds is 5. The molecule has 2 aromatic carbocycles. The van der Waals surface area contributed by atoms with E-state index in [-0.39, 0.29) is 5.56 Å². The molecule has 0 saturated heterocycles. The highest BCUT2D eigenvalue weighted by Crippen LogP contribution is 2.35. The lowest BCUT2D eigenvalue weighted by Crippen LogP contribution is -2.02. The van der Waals surface area contributed by atoms with E-state index in [2.05, 4.69) is 10.5 Å². The van der Waals surface area contributed by atoms with E-state index in [1.165, 1.54) is 11.3 Å². The van der Waals surface area contributed by atoms with Gasteiger partial charge in [0, 0.05) is 27.5 Å². The van der Waals surface area contributed by atoms with Gasteiger partial charge in [0.15, 0.2) is 0 Å². The maximum absolute atomic E-state index is 11.9. The molecule has 0 aliphatic heterocycles. The molecule has 0 bridgehead atoms. The molecule has 0 aliphatic carbocycles. The summed E-state index contributed by atoms with van der Waals surface area (Å²) >= 11 is 3.09. The van der Waals surface area contributed by atoms with E-state index >= 15 is 0 Å². The van der Waals surface area contributed by atoms with Gasteiger partial charge < -0.3 is 5.11 Å². The minimum atomic E-state index is -1.03. The van der Waals surface area contributed by atoms with Gasteiger partial charge in [-0.05, 0) is 29.1 Å². The highest BCUT2D eigenvalue weighted by Gasteiger charge is 2.17. The van der Waals surface area contributed by atoms with E-state index < -0.39 is 5.97 Å². The van der Waals surface area contributed by atoms with Crippen LogP contribution in [0.25, 0.3) is 33.0 Å². The number of carboxylic acids is 1. The Hall–Kier alpha value is -3.00. The second-order valence-corrected chi connectivity index (χ2v) is 7.41. The third kappa shape index (κ3) is 3.35. The quantitative estimate of drug-likeness (QED) is 0.378. The van der Waals surface area contributed by atoms with Crippen molar-refractivity contribution in [3.8, 4) is 33.0 Å². The monoisotopic (exact) mass is 394 g/mol. The number of thiophene rings is 1. The minimum absolute atomic E-state index is 0.155. The molecule has 0 radical (unpaired) electrons. The van der Waals surface area contributed by atoms with Crippen molar-refractivity contribution in [2.24, 2.45) is 0 Å². The van der Waals surface area contributed by atoms with Crippen molar-refractivity contribution in [3.63, 3.8) is 0 Å². The summed E-state index contributed by atoms with van der Waals surface area (Å²) in [4.78, 5) is 16.5. The van der Waals surface area contributed by atoms with Crippen molar-refractivity contribution in [1.29, 1.82) is 0 Å². The van der Waals surface area contributed by atoms with E-state index in [1.54, 1.807) is 47.7 Å². The third-order valence-corrected chi connectivity index (χ3v) is 5.73. The smallest absolute Gasteiger partial charge is 0.336 e. The molecule has 0 unspecified atom stereocenters. The summed E-state index contributed by atoms with van der Waals surface area (Å²) in [6.45, 7) is 0. The Balaban J connectivity index is 1.79. The summed E-state index contributed by atoms with van der Waals surface area (Å²) in [6, 6.07) is 14.2. The molecule has 134 valence electrons. The minimum Gasteiger partial charge on any atom is -0.478 e. The van der Waals surface area contributed by atoms with Gasteiger partial charge in [0.25, 0.3) is 0 Å². The van der Waals surface area contributed by atoms with Crippen molar-refractivity contribution >= 4 is 34.3 Å². The molecule has 0 aliphatic rings. The van der Waals surface area contributed by atoms with E-state index in [0.717, 1.165) is 21.8 Å². The maximum Gasteiger partial charge on any atom is 0.336 e. The summed E-state index contributed by atoms with van der Waals surface area (Å²) in [5.41, 5.74) is 6.55. The van der Waals surface area contributed by atoms with Crippen LogP contribution in [0.15, 0.2) is 64.7 Å². The fourth-order valence-corrected chi connectivity index (χ4v) is 4.33. The molecule has 0 amide bonds. The molecule has 0 fully saturated rings. The molecule has 4 aromatic rings. The number of hydrogen-bond acceptors (Lipinski definition) is 6.